The van der Waals surface area contributed by atoms with Crippen molar-refractivity contribution < 1.29 is 4.74 Å². The standard InChI is InChI=1S/C36H35N5O/c1-24(2)39-23-40(35-32(39)14-9-18-38-35)26-10-8-11-27(21-26)42-28-15-16-30-29-12-6-7-13-31(29)41(33(30)22-28)34-20-25(17-19-37-34)36(3,4)5/h6-22,24H,23H2,1-5H3. The number of pyridine rings is 2. The van der Waals surface area contributed by atoms with Crippen LogP contribution in [-0.2, 0) is 5.41 Å². The summed E-state index contributed by atoms with van der Waals surface area (Å²) in [7, 11) is 0. The highest BCUT2D eigenvalue weighted by molar-refractivity contribution is 6.09. The first-order valence-corrected chi connectivity index (χ1v) is 14.6. The molecule has 0 saturated heterocycles. The van der Waals surface area contributed by atoms with Gasteiger partial charge in [-0.3, -0.25) is 4.57 Å². The summed E-state index contributed by atoms with van der Waals surface area (Å²) in [4.78, 5) is 14.1. The number of anilines is 3. The molecule has 0 atom stereocenters. The van der Waals surface area contributed by atoms with E-state index < -0.39 is 0 Å². The first kappa shape index (κ1) is 26.1. The number of para-hydroxylation sites is 1. The molecule has 0 N–H and O–H groups in total. The highest BCUT2D eigenvalue weighted by Gasteiger charge is 2.29. The number of ether oxygens (including phenoxy) is 1. The third-order valence-corrected chi connectivity index (χ3v) is 8.10. The molecule has 3 aromatic heterocycles. The van der Waals surface area contributed by atoms with Gasteiger partial charge in [0.05, 0.1) is 23.4 Å². The fourth-order valence-corrected chi connectivity index (χ4v) is 5.88. The second-order valence-electron chi connectivity index (χ2n) is 12.3. The highest BCUT2D eigenvalue weighted by atomic mass is 16.5. The van der Waals surface area contributed by atoms with Crippen molar-refractivity contribution in [3.8, 4) is 17.3 Å². The Balaban J connectivity index is 1.28. The molecule has 0 unspecified atom stereocenters. The summed E-state index contributed by atoms with van der Waals surface area (Å²) in [6, 6.07) is 31.9. The first-order valence-electron chi connectivity index (χ1n) is 14.6. The molecule has 0 fully saturated rings. The van der Waals surface area contributed by atoms with Gasteiger partial charge in [-0.2, -0.15) is 0 Å². The van der Waals surface area contributed by atoms with E-state index in [1.807, 2.05) is 30.6 Å². The van der Waals surface area contributed by atoms with E-state index in [1.165, 1.54) is 16.3 Å². The van der Waals surface area contributed by atoms with Crippen LogP contribution in [0.15, 0.2) is 103 Å². The Morgan fingerprint density at radius 3 is 2.38 bits per heavy atom. The lowest BCUT2D eigenvalue weighted by Gasteiger charge is -2.24. The molecule has 0 spiro atoms. The maximum atomic E-state index is 6.52. The summed E-state index contributed by atoms with van der Waals surface area (Å²) in [5.74, 6) is 3.43. The van der Waals surface area contributed by atoms with Gasteiger partial charge in [-0.15, -0.1) is 0 Å². The molecule has 1 aliphatic heterocycles. The van der Waals surface area contributed by atoms with E-state index in [0.717, 1.165) is 52.2 Å². The second kappa shape index (κ2) is 9.91. The van der Waals surface area contributed by atoms with Crippen molar-refractivity contribution in [2.24, 2.45) is 0 Å². The number of fused-ring (bicyclic) bond motifs is 4. The third kappa shape index (κ3) is 4.44. The van der Waals surface area contributed by atoms with Crippen LogP contribution < -0.4 is 14.5 Å². The zero-order chi connectivity index (χ0) is 29.0. The van der Waals surface area contributed by atoms with Crippen LogP contribution in [0.3, 0.4) is 0 Å². The van der Waals surface area contributed by atoms with Crippen LogP contribution in [0.2, 0.25) is 0 Å². The van der Waals surface area contributed by atoms with Crippen LogP contribution in [0.1, 0.15) is 40.2 Å². The lowest BCUT2D eigenvalue weighted by molar-refractivity contribution is 0.483. The van der Waals surface area contributed by atoms with Gasteiger partial charge in [0.25, 0.3) is 0 Å². The van der Waals surface area contributed by atoms with Gasteiger partial charge in [0.1, 0.15) is 17.3 Å². The van der Waals surface area contributed by atoms with Gasteiger partial charge in [0.2, 0.25) is 0 Å². The Morgan fingerprint density at radius 1 is 0.738 bits per heavy atom. The molecule has 0 bridgehead atoms. The average molecular weight is 554 g/mol. The minimum absolute atomic E-state index is 0.0211. The summed E-state index contributed by atoms with van der Waals surface area (Å²) in [6.45, 7) is 11.9. The van der Waals surface area contributed by atoms with E-state index in [9.17, 15) is 0 Å². The van der Waals surface area contributed by atoms with E-state index in [2.05, 4.69) is 122 Å². The Morgan fingerprint density at radius 2 is 1.55 bits per heavy atom. The molecule has 1 aliphatic rings. The van der Waals surface area contributed by atoms with Crippen LogP contribution in [0, 0.1) is 0 Å². The number of hydrogen-bond acceptors (Lipinski definition) is 5. The minimum Gasteiger partial charge on any atom is -0.457 e. The lowest BCUT2D eigenvalue weighted by Crippen LogP contribution is -2.33. The van der Waals surface area contributed by atoms with E-state index in [0.29, 0.717) is 6.04 Å². The fourth-order valence-electron chi connectivity index (χ4n) is 5.88. The van der Waals surface area contributed by atoms with Crippen molar-refractivity contribution in [2.45, 2.75) is 46.1 Å². The van der Waals surface area contributed by atoms with Crippen LogP contribution in [0.4, 0.5) is 17.2 Å². The average Bonchev–Trinajstić information content (AvgIpc) is 3.53. The molecule has 4 heterocycles. The molecular formula is C36H35N5O. The molecule has 0 radical (unpaired) electrons. The number of benzene rings is 3. The number of aromatic nitrogens is 3. The Hall–Kier alpha value is -4.84. The topological polar surface area (TPSA) is 46.4 Å². The van der Waals surface area contributed by atoms with Crippen LogP contribution in [0.25, 0.3) is 27.6 Å². The molecule has 210 valence electrons. The van der Waals surface area contributed by atoms with Gasteiger partial charge in [0, 0.05) is 47.0 Å². The SMILES string of the molecule is CC(C)N1CN(c2cccc(Oc3ccc4c5ccccc5n(-c5cc(C(C)(C)C)ccn5)c4c3)c2)c2ncccc21. The second-order valence-corrected chi connectivity index (χ2v) is 12.3. The molecule has 0 amide bonds. The quantitative estimate of drug-likeness (QED) is 0.213. The molecule has 3 aromatic carbocycles. The third-order valence-electron chi connectivity index (χ3n) is 8.10. The summed E-state index contributed by atoms with van der Waals surface area (Å²) in [5.41, 5.74) is 5.66. The molecule has 6 nitrogen and oxygen atoms in total. The normalized spacial score (nSPS) is 13.4. The van der Waals surface area contributed by atoms with Crippen molar-refractivity contribution in [1.82, 2.24) is 14.5 Å². The maximum Gasteiger partial charge on any atom is 0.158 e. The molecule has 0 aliphatic carbocycles. The van der Waals surface area contributed by atoms with Crippen LogP contribution in [0.5, 0.6) is 11.5 Å². The van der Waals surface area contributed by atoms with Gasteiger partial charge in [0.15, 0.2) is 5.82 Å². The Kier molecular flexibility index (Phi) is 6.15. The summed E-state index contributed by atoms with van der Waals surface area (Å²) >= 11 is 0. The van der Waals surface area contributed by atoms with Gasteiger partial charge < -0.3 is 14.5 Å². The summed E-state index contributed by atoms with van der Waals surface area (Å²) in [6.07, 6.45) is 3.77. The lowest BCUT2D eigenvalue weighted by atomic mass is 9.88. The van der Waals surface area contributed by atoms with Crippen molar-refractivity contribution >= 4 is 39.0 Å². The van der Waals surface area contributed by atoms with Crippen molar-refractivity contribution in [3.63, 3.8) is 0 Å². The largest absolute Gasteiger partial charge is 0.457 e. The predicted octanol–water partition coefficient (Wildman–Crippen LogP) is 8.99. The van der Waals surface area contributed by atoms with E-state index in [-0.39, 0.29) is 5.41 Å². The molecule has 42 heavy (non-hydrogen) atoms. The molecule has 6 heteroatoms. The van der Waals surface area contributed by atoms with E-state index >= 15 is 0 Å². The highest BCUT2D eigenvalue weighted by Crippen LogP contribution is 2.41. The van der Waals surface area contributed by atoms with Crippen LogP contribution in [-0.4, -0.2) is 27.2 Å². The Bertz CT molecular complexity index is 1930. The molecular weight excluding hydrogens is 518 g/mol. The predicted molar refractivity (Wildman–Crippen MR) is 173 cm³/mol. The zero-order valence-electron chi connectivity index (χ0n) is 24.7. The van der Waals surface area contributed by atoms with Crippen LogP contribution >= 0.6 is 0 Å². The maximum absolute atomic E-state index is 6.52. The Labute approximate surface area is 246 Å². The van der Waals surface area contributed by atoms with Gasteiger partial charge in [-0.05, 0) is 79.4 Å². The molecule has 6 aromatic rings. The van der Waals surface area contributed by atoms with Crippen molar-refractivity contribution in [3.05, 3.63) is 109 Å². The number of hydrogen-bond donors (Lipinski definition) is 0. The van der Waals surface area contributed by atoms with E-state index in [1.54, 1.807) is 0 Å². The van der Waals surface area contributed by atoms with Gasteiger partial charge in [-0.25, -0.2) is 9.97 Å². The number of nitrogens with zero attached hydrogens (tertiary/aromatic N) is 5. The monoisotopic (exact) mass is 553 g/mol. The fraction of sp³-hybridized carbons (Fsp3) is 0.222. The smallest absolute Gasteiger partial charge is 0.158 e. The van der Waals surface area contributed by atoms with E-state index in [4.69, 9.17) is 14.7 Å². The summed E-state index contributed by atoms with van der Waals surface area (Å²) < 4.78 is 8.77. The molecule has 7 rings (SSSR count). The number of rotatable bonds is 5. The minimum atomic E-state index is 0.0211. The zero-order valence-corrected chi connectivity index (χ0v) is 24.7. The van der Waals surface area contributed by atoms with Crippen molar-refractivity contribution in [2.75, 3.05) is 16.5 Å². The molecule has 0 saturated carbocycles. The van der Waals surface area contributed by atoms with Crippen molar-refractivity contribution in [1.29, 1.82) is 0 Å². The summed E-state index contributed by atoms with van der Waals surface area (Å²) in [5, 5.41) is 2.36. The first-order chi connectivity index (χ1) is 20.3. The van der Waals surface area contributed by atoms with Gasteiger partial charge >= 0.3 is 0 Å². The van der Waals surface area contributed by atoms with Gasteiger partial charge in [-0.1, -0.05) is 45.0 Å².